The fraction of sp³-hybridized carbons (Fsp3) is 0.650. The number of benzene rings is 1. The van der Waals surface area contributed by atoms with Gasteiger partial charge in [-0.3, -0.25) is 4.79 Å². The van der Waals surface area contributed by atoms with Gasteiger partial charge in [0.25, 0.3) is 5.91 Å². The van der Waals surface area contributed by atoms with Crippen molar-refractivity contribution in [2.24, 2.45) is 5.92 Å². The summed E-state index contributed by atoms with van der Waals surface area (Å²) in [6.07, 6.45) is 2.25. The number of carbonyl (C=O) groups is 1. The quantitative estimate of drug-likeness (QED) is 0.685. The third kappa shape index (κ3) is 5.02. The molecule has 2 aliphatic heterocycles. The minimum absolute atomic E-state index is 0.112. The standard InChI is InChI=1S/C20H31N3O5S/c1-16-5-4-8-22(14-16)20(24)15-21-9-11-23(12-10-21)29(25,26)19-13-17(27-2)6-7-18(19)28-3/h6-7,13,16H,4-5,8-12,14-15H2,1-3H3/p+1/t16-/m0/s1. The van der Waals surface area contributed by atoms with Crippen molar-refractivity contribution in [2.45, 2.75) is 24.7 Å². The van der Waals surface area contributed by atoms with Crippen LogP contribution in [0.4, 0.5) is 0 Å². The van der Waals surface area contributed by atoms with Crippen molar-refractivity contribution in [3.63, 3.8) is 0 Å². The highest BCUT2D eigenvalue weighted by molar-refractivity contribution is 7.89. The minimum atomic E-state index is -3.70. The Balaban J connectivity index is 1.62. The van der Waals surface area contributed by atoms with Crippen molar-refractivity contribution in [3.8, 4) is 11.5 Å². The summed E-state index contributed by atoms with van der Waals surface area (Å²) < 4.78 is 38.2. The Bertz CT molecular complexity index is 821. The summed E-state index contributed by atoms with van der Waals surface area (Å²) in [5.74, 6) is 1.50. The Hall–Kier alpha value is -1.84. The van der Waals surface area contributed by atoms with Crippen LogP contribution >= 0.6 is 0 Å². The molecule has 3 rings (SSSR count). The topological polar surface area (TPSA) is 80.6 Å². The Labute approximate surface area is 173 Å². The number of methoxy groups -OCH3 is 2. The number of piperazine rings is 1. The van der Waals surface area contributed by atoms with Crippen LogP contribution in [0.2, 0.25) is 0 Å². The van der Waals surface area contributed by atoms with Crippen molar-refractivity contribution < 1.29 is 27.6 Å². The molecular formula is C20H32N3O5S+. The lowest BCUT2D eigenvalue weighted by Crippen LogP contribution is -3.15. The molecule has 1 aromatic carbocycles. The molecule has 8 nitrogen and oxygen atoms in total. The van der Waals surface area contributed by atoms with Gasteiger partial charge in [0, 0.05) is 19.2 Å². The summed E-state index contributed by atoms with van der Waals surface area (Å²) in [6, 6.07) is 4.77. The second-order valence-corrected chi connectivity index (χ2v) is 9.84. The van der Waals surface area contributed by atoms with Crippen LogP contribution < -0.4 is 14.4 Å². The number of hydrogen-bond acceptors (Lipinski definition) is 5. The van der Waals surface area contributed by atoms with E-state index in [2.05, 4.69) is 6.92 Å². The van der Waals surface area contributed by atoms with E-state index in [4.69, 9.17) is 9.47 Å². The third-order valence-electron chi connectivity index (χ3n) is 5.83. The molecule has 1 aromatic rings. The largest absolute Gasteiger partial charge is 0.497 e. The molecule has 0 aliphatic carbocycles. The molecule has 0 saturated carbocycles. The number of amides is 1. The first-order chi connectivity index (χ1) is 13.8. The van der Waals surface area contributed by atoms with Gasteiger partial charge < -0.3 is 19.3 Å². The maximum absolute atomic E-state index is 13.2. The lowest BCUT2D eigenvalue weighted by atomic mass is 10.0. The normalized spacial score (nSPS) is 21.8. The summed E-state index contributed by atoms with van der Waals surface area (Å²) in [4.78, 5) is 15.8. The van der Waals surface area contributed by atoms with E-state index in [0.29, 0.717) is 50.1 Å². The summed E-state index contributed by atoms with van der Waals surface area (Å²) >= 11 is 0. The summed E-state index contributed by atoms with van der Waals surface area (Å²) in [5.41, 5.74) is 0. The monoisotopic (exact) mass is 426 g/mol. The molecule has 2 aliphatic rings. The van der Waals surface area contributed by atoms with Gasteiger partial charge >= 0.3 is 0 Å². The highest BCUT2D eigenvalue weighted by atomic mass is 32.2. The molecule has 9 heteroatoms. The molecule has 0 aromatic heterocycles. The van der Waals surface area contributed by atoms with Crippen LogP contribution in [0.25, 0.3) is 0 Å². The highest BCUT2D eigenvalue weighted by Gasteiger charge is 2.34. The number of nitrogens with one attached hydrogen (secondary N) is 1. The molecular weight excluding hydrogens is 394 g/mol. The number of nitrogens with zero attached hydrogens (tertiary/aromatic N) is 2. The molecule has 2 fully saturated rings. The van der Waals surface area contributed by atoms with Gasteiger partial charge in [-0.15, -0.1) is 0 Å². The lowest BCUT2D eigenvalue weighted by Gasteiger charge is -2.34. The smallest absolute Gasteiger partial charge is 0.277 e. The maximum Gasteiger partial charge on any atom is 0.277 e. The summed E-state index contributed by atoms with van der Waals surface area (Å²) in [7, 11) is -0.743. The van der Waals surface area contributed by atoms with E-state index >= 15 is 0 Å². The molecule has 1 amide bonds. The van der Waals surface area contributed by atoms with Crippen molar-refractivity contribution in [1.29, 1.82) is 0 Å². The number of ether oxygens (including phenoxy) is 2. The van der Waals surface area contributed by atoms with Crippen molar-refractivity contribution in [3.05, 3.63) is 18.2 Å². The van der Waals surface area contributed by atoms with Crippen LogP contribution in [-0.2, 0) is 14.8 Å². The van der Waals surface area contributed by atoms with Gasteiger partial charge in [0.2, 0.25) is 10.0 Å². The van der Waals surface area contributed by atoms with Gasteiger partial charge in [-0.2, -0.15) is 4.31 Å². The van der Waals surface area contributed by atoms with Crippen molar-refractivity contribution in [2.75, 3.05) is 60.0 Å². The van der Waals surface area contributed by atoms with Gasteiger partial charge in [-0.1, -0.05) is 6.92 Å². The Morgan fingerprint density at radius 3 is 2.52 bits per heavy atom. The number of quaternary nitrogens is 1. The number of likely N-dealkylation sites (tertiary alicyclic amines) is 1. The number of sulfonamides is 1. The molecule has 1 atom stereocenters. The Morgan fingerprint density at radius 2 is 1.90 bits per heavy atom. The number of rotatable bonds is 6. The average molecular weight is 427 g/mol. The maximum atomic E-state index is 13.2. The van der Waals surface area contributed by atoms with Crippen LogP contribution in [0.15, 0.2) is 23.1 Å². The molecule has 0 spiro atoms. The van der Waals surface area contributed by atoms with Gasteiger partial charge in [0.1, 0.15) is 16.4 Å². The van der Waals surface area contributed by atoms with Crippen LogP contribution in [0.3, 0.4) is 0 Å². The molecule has 29 heavy (non-hydrogen) atoms. The van der Waals surface area contributed by atoms with E-state index in [1.807, 2.05) is 4.90 Å². The zero-order chi connectivity index (χ0) is 21.0. The molecule has 0 unspecified atom stereocenters. The van der Waals surface area contributed by atoms with Crippen molar-refractivity contribution >= 4 is 15.9 Å². The Kier molecular flexibility index (Phi) is 7.02. The summed E-state index contributed by atoms with van der Waals surface area (Å²) in [5, 5.41) is 0. The van der Waals surface area contributed by atoms with E-state index in [1.54, 1.807) is 12.1 Å². The van der Waals surface area contributed by atoms with Gasteiger partial charge in [0.15, 0.2) is 6.54 Å². The molecule has 162 valence electrons. The second kappa shape index (κ2) is 9.32. The average Bonchev–Trinajstić information content (AvgIpc) is 2.73. The Morgan fingerprint density at radius 1 is 1.17 bits per heavy atom. The van der Waals surface area contributed by atoms with Gasteiger partial charge in [-0.25, -0.2) is 8.42 Å². The zero-order valence-electron chi connectivity index (χ0n) is 17.5. The second-order valence-electron chi connectivity index (χ2n) is 7.93. The van der Waals surface area contributed by atoms with E-state index in [1.165, 1.54) is 31.0 Å². The first-order valence-electron chi connectivity index (χ1n) is 10.2. The number of carbonyl (C=O) groups excluding carboxylic acids is 1. The fourth-order valence-corrected chi connectivity index (χ4v) is 5.70. The highest BCUT2D eigenvalue weighted by Crippen LogP contribution is 2.30. The fourth-order valence-electron chi connectivity index (χ4n) is 4.09. The molecule has 2 heterocycles. The van der Waals surface area contributed by atoms with Crippen LogP contribution in [0, 0.1) is 5.92 Å². The molecule has 0 bridgehead atoms. The van der Waals surface area contributed by atoms with E-state index < -0.39 is 10.0 Å². The summed E-state index contributed by atoms with van der Waals surface area (Å²) in [6.45, 7) is 6.27. The molecule has 1 N–H and O–H groups in total. The minimum Gasteiger partial charge on any atom is -0.497 e. The van der Waals surface area contributed by atoms with E-state index in [0.717, 1.165) is 24.4 Å². The van der Waals surface area contributed by atoms with Gasteiger partial charge in [0.05, 0.1) is 40.4 Å². The van der Waals surface area contributed by atoms with Gasteiger partial charge in [-0.05, 0) is 30.9 Å². The van der Waals surface area contributed by atoms with Crippen LogP contribution in [0.1, 0.15) is 19.8 Å². The van der Waals surface area contributed by atoms with Crippen molar-refractivity contribution in [1.82, 2.24) is 9.21 Å². The SMILES string of the molecule is COc1ccc(OC)c(S(=O)(=O)N2CC[NH+](CC(=O)N3CCC[C@H](C)C3)CC2)c1. The van der Waals surface area contributed by atoms with Crippen LogP contribution in [-0.4, -0.2) is 83.6 Å². The lowest BCUT2D eigenvalue weighted by molar-refractivity contribution is -0.896. The van der Waals surface area contributed by atoms with E-state index in [9.17, 15) is 13.2 Å². The molecule has 2 saturated heterocycles. The predicted octanol–water partition coefficient (Wildman–Crippen LogP) is -0.148. The predicted molar refractivity (Wildman–Crippen MR) is 109 cm³/mol. The number of hydrogen-bond donors (Lipinski definition) is 1. The first-order valence-corrected chi connectivity index (χ1v) is 11.6. The molecule has 0 radical (unpaired) electrons. The van der Waals surface area contributed by atoms with Crippen LogP contribution in [0.5, 0.6) is 11.5 Å². The first kappa shape index (κ1) is 21.9. The number of piperidine rings is 1. The van der Waals surface area contributed by atoms with E-state index in [-0.39, 0.29) is 10.8 Å². The zero-order valence-corrected chi connectivity index (χ0v) is 18.3. The third-order valence-corrected chi connectivity index (χ3v) is 7.75.